The van der Waals surface area contributed by atoms with E-state index in [0.29, 0.717) is 22.2 Å². The van der Waals surface area contributed by atoms with Crippen LogP contribution in [0.5, 0.6) is 0 Å². The zero-order valence-corrected chi connectivity index (χ0v) is 7.71. The highest BCUT2D eigenvalue weighted by Crippen LogP contribution is 2.17. The Labute approximate surface area is 80.2 Å². The summed E-state index contributed by atoms with van der Waals surface area (Å²) in [6.45, 7) is 1.79. The second-order valence-electron chi connectivity index (χ2n) is 2.70. The van der Waals surface area contributed by atoms with Gasteiger partial charge in [-0.25, -0.2) is 4.98 Å². The molecule has 0 aliphatic carbocycles. The van der Waals surface area contributed by atoms with Crippen LogP contribution in [-0.4, -0.2) is 9.38 Å². The Morgan fingerprint density at radius 3 is 3.00 bits per heavy atom. The molecule has 0 fully saturated rings. The third kappa shape index (κ3) is 1.07. The van der Waals surface area contributed by atoms with Crippen LogP contribution in [0, 0.1) is 18.3 Å². The fraction of sp³-hybridized carbons (Fsp3) is 0.111. The van der Waals surface area contributed by atoms with Gasteiger partial charge in [0.1, 0.15) is 22.6 Å². The Morgan fingerprint density at radius 1 is 1.54 bits per heavy atom. The SMILES string of the molecule is Cc1nc2cccc(Cl)n2c1C#N. The normalized spacial score (nSPS) is 10.2. The quantitative estimate of drug-likeness (QED) is 0.599. The zero-order valence-electron chi connectivity index (χ0n) is 6.95. The first-order valence-electron chi connectivity index (χ1n) is 3.77. The Kier molecular flexibility index (Phi) is 1.71. The van der Waals surface area contributed by atoms with Gasteiger partial charge in [-0.05, 0) is 19.1 Å². The fourth-order valence-electron chi connectivity index (χ4n) is 1.30. The minimum Gasteiger partial charge on any atom is -0.274 e. The number of fused-ring (bicyclic) bond motifs is 1. The predicted molar refractivity (Wildman–Crippen MR) is 49.7 cm³/mol. The van der Waals surface area contributed by atoms with E-state index in [1.54, 1.807) is 17.4 Å². The Morgan fingerprint density at radius 2 is 2.31 bits per heavy atom. The number of hydrogen-bond acceptors (Lipinski definition) is 2. The lowest BCUT2D eigenvalue weighted by atomic mass is 10.4. The Balaban J connectivity index is 2.99. The van der Waals surface area contributed by atoms with E-state index in [9.17, 15) is 0 Å². The summed E-state index contributed by atoms with van der Waals surface area (Å²) in [5.41, 5.74) is 1.91. The van der Waals surface area contributed by atoms with Gasteiger partial charge < -0.3 is 0 Å². The third-order valence-corrected chi connectivity index (χ3v) is 2.17. The predicted octanol–water partition coefficient (Wildman–Crippen LogP) is 2.17. The molecule has 4 heteroatoms. The maximum Gasteiger partial charge on any atom is 0.148 e. The van der Waals surface area contributed by atoms with Gasteiger partial charge in [0.05, 0.1) is 5.69 Å². The number of aromatic nitrogens is 2. The highest BCUT2D eigenvalue weighted by molar-refractivity contribution is 6.29. The van der Waals surface area contributed by atoms with Crippen LogP contribution in [0.2, 0.25) is 5.15 Å². The van der Waals surface area contributed by atoms with E-state index in [2.05, 4.69) is 11.1 Å². The molecule has 0 radical (unpaired) electrons. The van der Waals surface area contributed by atoms with E-state index in [1.807, 2.05) is 12.1 Å². The van der Waals surface area contributed by atoms with Crippen molar-refractivity contribution in [1.82, 2.24) is 9.38 Å². The first-order chi connectivity index (χ1) is 6.24. The molecule has 0 bridgehead atoms. The number of pyridine rings is 1. The van der Waals surface area contributed by atoms with Crippen LogP contribution in [0.25, 0.3) is 5.65 Å². The van der Waals surface area contributed by atoms with E-state index >= 15 is 0 Å². The summed E-state index contributed by atoms with van der Waals surface area (Å²) in [4.78, 5) is 4.20. The lowest BCUT2D eigenvalue weighted by Crippen LogP contribution is -1.89. The zero-order chi connectivity index (χ0) is 9.42. The molecule has 0 atom stereocenters. The summed E-state index contributed by atoms with van der Waals surface area (Å²) in [5, 5.41) is 9.37. The Hall–Kier alpha value is -1.53. The fourth-order valence-corrected chi connectivity index (χ4v) is 1.54. The average Bonchev–Trinajstić information content (AvgIpc) is 2.42. The number of nitriles is 1. The molecule has 0 aliphatic rings. The molecule has 0 aromatic carbocycles. The molecule has 2 aromatic heterocycles. The molecule has 2 aromatic rings. The maximum atomic E-state index is 8.86. The summed E-state index contributed by atoms with van der Waals surface area (Å²) in [6.07, 6.45) is 0. The van der Waals surface area contributed by atoms with Gasteiger partial charge in [-0.3, -0.25) is 4.40 Å². The largest absolute Gasteiger partial charge is 0.274 e. The van der Waals surface area contributed by atoms with Gasteiger partial charge >= 0.3 is 0 Å². The smallest absolute Gasteiger partial charge is 0.148 e. The molecule has 2 heterocycles. The van der Waals surface area contributed by atoms with Crippen molar-refractivity contribution in [3.8, 4) is 6.07 Å². The van der Waals surface area contributed by atoms with E-state index in [4.69, 9.17) is 16.9 Å². The molecular formula is C9H6ClN3. The van der Waals surface area contributed by atoms with Crippen LogP contribution in [-0.2, 0) is 0 Å². The van der Waals surface area contributed by atoms with Crippen molar-refractivity contribution in [2.45, 2.75) is 6.92 Å². The summed E-state index contributed by atoms with van der Waals surface area (Å²) in [7, 11) is 0. The molecule has 0 spiro atoms. The first-order valence-corrected chi connectivity index (χ1v) is 4.15. The third-order valence-electron chi connectivity index (χ3n) is 1.88. The maximum absolute atomic E-state index is 8.86. The molecule has 13 heavy (non-hydrogen) atoms. The van der Waals surface area contributed by atoms with E-state index in [1.165, 1.54) is 0 Å². The van der Waals surface area contributed by atoms with Gasteiger partial charge in [0.15, 0.2) is 0 Å². The summed E-state index contributed by atoms with van der Waals surface area (Å²) >= 11 is 5.93. The van der Waals surface area contributed by atoms with Crippen molar-refractivity contribution < 1.29 is 0 Å². The van der Waals surface area contributed by atoms with Crippen molar-refractivity contribution in [3.63, 3.8) is 0 Å². The van der Waals surface area contributed by atoms with E-state index in [0.717, 1.165) is 0 Å². The molecule has 0 N–H and O–H groups in total. The van der Waals surface area contributed by atoms with Crippen LogP contribution < -0.4 is 0 Å². The van der Waals surface area contributed by atoms with Crippen LogP contribution in [0.3, 0.4) is 0 Å². The summed E-state index contributed by atoms with van der Waals surface area (Å²) in [5.74, 6) is 0. The minimum atomic E-state index is 0.501. The average molecular weight is 192 g/mol. The van der Waals surface area contributed by atoms with Crippen molar-refractivity contribution in [3.05, 3.63) is 34.7 Å². The monoisotopic (exact) mass is 191 g/mol. The van der Waals surface area contributed by atoms with Crippen LogP contribution >= 0.6 is 11.6 Å². The van der Waals surface area contributed by atoms with Crippen LogP contribution in [0.15, 0.2) is 18.2 Å². The molecule has 0 saturated heterocycles. The van der Waals surface area contributed by atoms with Crippen molar-refractivity contribution >= 4 is 17.2 Å². The summed E-state index contributed by atoms with van der Waals surface area (Å²) in [6, 6.07) is 7.44. The molecular weight excluding hydrogens is 186 g/mol. The van der Waals surface area contributed by atoms with Gasteiger partial charge in [-0.15, -0.1) is 0 Å². The molecule has 2 rings (SSSR count). The lowest BCUT2D eigenvalue weighted by molar-refractivity contribution is 1.14. The molecule has 3 nitrogen and oxygen atoms in total. The molecule has 0 saturated carbocycles. The second-order valence-corrected chi connectivity index (χ2v) is 3.09. The number of rotatable bonds is 0. The second kappa shape index (κ2) is 2.75. The number of aryl methyl sites for hydroxylation is 1. The molecule has 0 amide bonds. The van der Waals surface area contributed by atoms with Gasteiger partial charge in [0.2, 0.25) is 0 Å². The molecule has 0 aliphatic heterocycles. The van der Waals surface area contributed by atoms with E-state index in [-0.39, 0.29) is 0 Å². The van der Waals surface area contributed by atoms with Crippen LogP contribution in [0.1, 0.15) is 11.4 Å². The lowest BCUT2D eigenvalue weighted by Gasteiger charge is -1.96. The topological polar surface area (TPSA) is 41.1 Å². The van der Waals surface area contributed by atoms with Crippen molar-refractivity contribution in [2.75, 3.05) is 0 Å². The van der Waals surface area contributed by atoms with Crippen LogP contribution in [0.4, 0.5) is 0 Å². The van der Waals surface area contributed by atoms with Crippen molar-refractivity contribution in [2.24, 2.45) is 0 Å². The Bertz CT molecular complexity index is 507. The van der Waals surface area contributed by atoms with Gasteiger partial charge in [0.25, 0.3) is 0 Å². The van der Waals surface area contributed by atoms with E-state index < -0.39 is 0 Å². The van der Waals surface area contributed by atoms with Crippen molar-refractivity contribution in [1.29, 1.82) is 5.26 Å². The highest BCUT2D eigenvalue weighted by Gasteiger charge is 2.09. The number of hydrogen-bond donors (Lipinski definition) is 0. The number of imidazole rings is 1. The van der Waals surface area contributed by atoms with Gasteiger partial charge in [0, 0.05) is 0 Å². The van der Waals surface area contributed by atoms with Gasteiger partial charge in [-0.1, -0.05) is 17.7 Å². The number of nitrogens with zero attached hydrogens (tertiary/aromatic N) is 3. The molecule has 64 valence electrons. The standard InChI is InChI=1S/C9H6ClN3/c1-6-7(5-11)13-8(10)3-2-4-9(13)12-6/h2-4H,1H3. The van der Waals surface area contributed by atoms with Gasteiger partial charge in [-0.2, -0.15) is 5.26 Å². The summed E-state index contributed by atoms with van der Waals surface area (Å²) < 4.78 is 1.64. The number of halogens is 1. The minimum absolute atomic E-state index is 0.501. The highest BCUT2D eigenvalue weighted by atomic mass is 35.5. The first kappa shape index (κ1) is 8.09. The molecule has 0 unspecified atom stereocenters.